The summed E-state index contributed by atoms with van der Waals surface area (Å²) in [6, 6.07) is 13.1. The SMILES string of the molecule is CC(c1ccccc1)C(CCCCCCNCC(O)c1cc(Cl)c(N)c(Cl)c1)C(=O)O.O=C(O)C=CC(=O)O. The fourth-order valence-corrected chi connectivity index (χ4v) is 4.34. The summed E-state index contributed by atoms with van der Waals surface area (Å²) >= 11 is 12.0. The van der Waals surface area contributed by atoms with Crippen molar-refractivity contribution in [2.75, 3.05) is 18.8 Å². The van der Waals surface area contributed by atoms with Gasteiger partial charge in [-0.15, -0.1) is 0 Å². The van der Waals surface area contributed by atoms with Gasteiger partial charge in [-0.25, -0.2) is 9.59 Å². The zero-order valence-corrected chi connectivity index (χ0v) is 23.2. The molecule has 2 aromatic rings. The number of carboxylic acid groups (broad SMARTS) is 3. The summed E-state index contributed by atoms with van der Waals surface area (Å²) in [5.41, 5.74) is 7.73. The average molecular weight is 584 g/mol. The Labute approximate surface area is 238 Å². The topological polar surface area (TPSA) is 170 Å². The monoisotopic (exact) mass is 582 g/mol. The number of nitrogens with two attached hydrogens (primary N) is 1. The van der Waals surface area contributed by atoms with Crippen molar-refractivity contribution in [2.24, 2.45) is 5.92 Å². The van der Waals surface area contributed by atoms with Gasteiger partial charge >= 0.3 is 17.9 Å². The summed E-state index contributed by atoms with van der Waals surface area (Å²) in [6.07, 6.45) is 4.92. The lowest BCUT2D eigenvalue weighted by atomic mass is 9.84. The molecule has 3 unspecified atom stereocenters. The highest BCUT2D eigenvalue weighted by Gasteiger charge is 2.25. The average Bonchev–Trinajstić information content (AvgIpc) is 2.89. The fraction of sp³-hybridized carbons (Fsp3) is 0.393. The summed E-state index contributed by atoms with van der Waals surface area (Å²) in [6.45, 7) is 3.16. The van der Waals surface area contributed by atoms with E-state index in [1.807, 2.05) is 37.3 Å². The van der Waals surface area contributed by atoms with Crippen LogP contribution in [0.1, 0.15) is 62.2 Å². The summed E-state index contributed by atoms with van der Waals surface area (Å²) in [7, 11) is 0. The molecule has 0 heterocycles. The second kappa shape index (κ2) is 18.2. The van der Waals surface area contributed by atoms with Gasteiger partial charge in [0.1, 0.15) is 0 Å². The van der Waals surface area contributed by atoms with Gasteiger partial charge in [-0.3, -0.25) is 4.79 Å². The first-order valence-corrected chi connectivity index (χ1v) is 13.2. The van der Waals surface area contributed by atoms with Crippen LogP contribution < -0.4 is 11.1 Å². The number of aliphatic carboxylic acids is 3. The lowest BCUT2D eigenvalue weighted by Gasteiger charge is -2.20. The van der Waals surface area contributed by atoms with E-state index in [4.69, 9.17) is 39.1 Å². The van der Waals surface area contributed by atoms with Crippen LogP contribution in [0, 0.1) is 5.92 Å². The van der Waals surface area contributed by atoms with E-state index in [9.17, 15) is 24.6 Å². The minimum absolute atomic E-state index is 0.00259. The third kappa shape index (κ3) is 13.5. The van der Waals surface area contributed by atoms with Crippen molar-refractivity contribution in [1.29, 1.82) is 0 Å². The number of aliphatic hydroxyl groups excluding tert-OH is 1. The van der Waals surface area contributed by atoms with Crippen LogP contribution in [0.15, 0.2) is 54.6 Å². The van der Waals surface area contributed by atoms with Gasteiger partial charge in [0.05, 0.1) is 27.8 Å². The van der Waals surface area contributed by atoms with Crippen LogP contribution in [0.25, 0.3) is 0 Å². The Kier molecular flexibility index (Phi) is 15.9. The van der Waals surface area contributed by atoms with Gasteiger partial charge in [0.15, 0.2) is 0 Å². The summed E-state index contributed by atoms with van der Waals surface area (Å²) < 4.78 is 0. The number of benzene rings is 2. The number of nitrogens with one attached hydrogen (secondary N) is 1. The highest BCUT2D eigenvalue weighted by atomic mass is 35.5. The number of unbranched alkanes of at least 4 members (excludes halogenated alkanes) is 3. The molecule has 0 aliphatic carbocycles. The van der Waals surface area contributed by atoms with E-state index in [1.54, 1.807) is 12.1 Å². The number of nitrogen functional groups attached to an aromatic ring is 1. The maximum Gasteiger partial charge on any atom is 0.328 e. The molecule has 0 spiro atoms. The van der Waals surface area contributed by atoms with E-state index in [0.29, 0.717) is 46.4 Å². The fourth-order valence-electron chi connectivity index (χ4n) is 3.84. The van der Waals surface area contributed by atoms with E-state index < -0.39 is 24.0 Å². The standard InChI is InChI=1S/C24H32Cl2N2O3.C4H4O4/c1-16(17-9-5-4-6-10-17)19(24(30)31)11-7-2-3-8-12-28-15-22(29)18-13-20(25)23(27)21(26)14-18;5-3(6)1-2-4(7)8/h4-6,9-10,13-14,16,19,22,28-29H,2-3,7-8,11-12,15,27H2,1H3,(H,30,31);1-2H,(H,5,6)(H,7,8). The first-order chi connectivity index (χ1) is 18.4. The third-order valence-corrected chi connectivity index (χ3v) is 6.68. The first-order valence-electron chi connectivity index (χ1n) is 12.5. The van der Waals surface area contributed by atoms with Crippen LogP contribution in [-0.2, 0) is 14.4 Å². The van der Waals surface area contributed by atoms with Gasteiger partial charge in [-0.1, -0.05) is 79.7 Å². The molecule has 3 atom stereocenters. The zero-order chi connectivity index (χ0) is 29.4. The van der Waals surface area contributed by atoms with Crippen LogP contribution in [0.4, 0.5) is 5.69 Å². The molecule has 11 heteroatoms. The molecule has 2 aromatic carbocycles. The van der Waals surface area contributed by atoms with Gasteiger partial charge in [0.2, 0.25) is 0 Å². The number of aliphatic hydroxyl groups is 1. The Morgan fingerprint density at radius 2 is 1.44 bits per heavy atom. The number of rotatable bonds is 15. The molecule has 214 valence electrons. The zero-order valence-electron chi connectivity index (χ0n) is 21.7. The second-order valence-electron chi connectivity index (χ2n) is 8.97. The molecule has 0 saturated carbocycles. The molecule has 0 radical (unpaired) electrons. The van der Waals surface area contributed by atoms with Gasteiger partial charge in [0, 0.05) is 18.7 Å². The number of carboxylic acids is 3. The highest BCUT2D eigenvalue weighted by molar-refractivity contribution is 6.38. The van der Waals surface area contributed by atoms with Crippen LogP contribution in [0.2, 0.25) is 10.0 Å². The normalized spacial score (nSPS) is 13.2. The van der Waals surface area contributed by atoms with Crippen LogP contribution >= 0.6 is 23.2 Å². The molecule has 0 fully saturated rings. The molecule has 0 saturated heterocycles. The largest absolute Gasteiger partial charge is 0.481 e. The lowest BCUT2D eigenvalue weighted by Crippen LogP contribution is -2.22. The van der Waals surface area contributed by atoms with Gasteiger partial charge in [0.25, 0.3) is 0 Å². The van der Waals surface area contributed by atoms with Crippen molar-refractivity contribution in [2.45, 2.75) is 51.0 Å². The summed E-state index contributed by atoms with van der Waals surface area (Å²) in [4.78, 5) is 30.8. The lowest BCUT2D eigenvalue weighted by molar-refractivity contribution is -0.142. The maximum atomic E-state index is 11.7. The molecule has 0 aliphatic heterocycles. The first kappa shape index (κ1) is 33.9. The molecular formula is C28H36Cl2N2O7. The van der Waals surface area contributed by atoms with Crippen LogP contribution in [-0.4, -0.2) is 51.4 Å². The Balaban J connectivity index is 0.000000824. The molecule has 7 N–H and O–H groups in total. The number of carbonyl (C=O) groups is 3. The van der Waals surface area contributed by atoms with Crippen molar-refractivity contribution >= 4 is 46.8 Å². The minimum atomic E-state index is -1.26. The molecule has 2 rings (SSSR count). The van der Waals surface area contributed by atoms with E-state index in [2.05, 4.69) is 5.32 Å². The van der Waals surface area contributed by atoms with E-state index in [1.165, 1.54) is 0 Å². The summed E-state index contributed by atoms with van der Waals surface area (Å²) in [5, 5.41) is 39.4. The van der Waals surface area contributed by atoms with Crippen molar-refractivity contribution < 1.29 is 34.8 Å². The van der Waals surface area contributed by atoms with E-state index >= 15 is 0 Å². The maximum absolute atomic E-state index is 11.7. The Bertz CT molecular complexity index is 1060. The van der Waals surface area contributed by atoms with Gasteiger partial charge < -0.3 is 31.5 Å². The third-order valence-electron chi connectivity index (χ3n) is 6.06. The van der Waals surface area contributed by atoms with Crippen molar-refractivity contribution in [1.82, 2.24) is 5.32 Å². The number of hydrogen-bond acceptors (Lipinski definition) is 6. The van der Waals surface area contributed by atoms with Crippen LogP contribution in [0.3, 0.4) is 0 Å². The quantitative estimate of drug-likeness (QED) is 0.0917. The van der Waals surface area contributed by atoms with Gasteiger partial charge in [-0.2, -0.15) is 0 Å². The smallest absolute Gasteiger partial charge is 0.328 e. The number of halogens is 2. The molecule has 9 nitrogen and oxygen atoms in total. The van der Waals surface area contributed by atoms with Crippen molar-refractivity contribution in [3.63, 3.8) is 0 Å². The molecule has 0 amide bonds. The Hall–Kier alpha value is -3.11. The number of hydrogen-bond donors (Lipinski definition) is 6. The predicted molar refractivity (Wildman–Crippen MR) is 152 cm³/mol. The van der Waals surface area contributed by atoms with Gasteiger partial charge in [-0.05, 0) is 48.6 Å². The molecule has 39 heavy (non-hydrogen) atoms. The Morgan fingerprint density at radius 1 is 0.897 bits per heavy atom. The van der Waals surface area contributed by atoms with Crippen LogP contribution in [0.5, 0.6) is 0 Å². The molecular weight excluding hydrogens is 547 g/mol. The predicted octanol–water partition coefficient (Wildman–Crippen LogP) is 5.37. The van der Waals surface area contributed by atoms with E-state index in [-0.39, 0.29) is 11.8 Å². The highest BCUT2D eigenvalue weighted by Crippen LogP contribution is 2.31. The number of anilines is 1. The molecule has 0 bridgehead atoms. The molecule has 0 aliphatic rings. The minimum Gasteiger partial charge on any atom is -0.481 e. The second-order valence-corrected chi connectivity index (χ2v) is 9.79. The van der Waals surface area contributed by atoms with E-state index in [0.717, 1.165) is 37.8 Å². The molecule has 0 aromatic heterocycles. The Morgan fingerprint density at radius 3 is 1.95 bits per heavy atom. The summed E-state index contributed by atoms with van der Waals surface area (Å²) in [5.74, 6) is -3.61. The van der Waals surface area contributed by atoms with Crippen molar-refractivity contribution in [3.05, 3.63) is 75.8 Å². The van der Waals surface area contributed by atoms with Crippen molar-refractivity contribution in [3.8, 4) is 0 Å².